The average Bonchev–Trinajstić information content (AvgIpc) is 2.51. The van der Waals surface area contributed by atoms with E-state index in [2.05, 4.69) is 48.0 Å². The maximum absolute atomic E-state index is 6.16. The van der Waals surface area contributed by atoms with Crippen molar-refractivity contribution in [2.75, 3.05) is 13.1 Å². The van der Waals surface area contributed by atoms with Crippen molar-refractivity contribution in [2.24, 2.45) is 11.7 Å². The number of hydrogen-bond donors (Lipinski definition) is 1. The first kappa shape index (κ1) is 14.5. The summed E-state index contributed by atoms with van der Waals surface area (Å²) in [6.45, 7) is 6.44. The standard InChI is InChI=1S/C18H25N3/c1-13-7-8-14(2)21(12-13)18(9-19)17-11-20-10-15-5-3-4-6-16(15)17/h3-6,10-11,13-14,18H,7-9,12,19H2,1-2H3. The predicted octanol–water partition coefficient (Wildman–Crippen LogP) is 3.36. The highest BCUT2D eigenvalue weighted by molar-refractivity contribution is 5.85. The number of pyridine rings is 1. The van der Waals surface area contributed by atoms with Crippen LogP contribution < -0.4 is 5.73 Å². The zero-order chi connectivity index (χ0) is 14.8. The minimum atomic E-state index is 0.265. The Hall–Kier alpha value is -1.45. The first-order valence-corrected chi connectivity index (χ1v) is 7.99. The normalized spacial score (nSPS) is 25.1. The van der Waals surface area contributed by atoms with E-state index in [1.54, 1.807) is 0 Å². The van der Waals surface area contributed by atoms with Gasteiger partial charge < -0.3 is 5.73 Å². The number of fused-ring (bicyclic) bond motifs is 1. The SMILES string of the molecule is CC1CCC(C)N(C(CN)c2cncc3ccccc23)C1. The Morgan fingerprint density at radius 2 is 2.05 bits per heavy atom. The smallest absolute Gasteiger partial charge is 0.0494 e. The molecular formula is C18H25N3. The van der Waals surface area contributed by atoms with Crippen LogP contribution >= 0.6 is 0 Å². The van der Waals surface area contributed by atoms with E-state index in [4.69, 9.17) is 5.73 Å². The van der Waals surface area contributed by atoms with Gasteiger partial charge in [0.1, 0.15) is 0 Å². The maximum Gasteiger partial charge on any atom is 0.0494 e. The van der Waals surface area contributed by atoms with Crippen molar-refractivity contribution < 1.29 is 0 Å². The number of benzene rings is 1. The molecule has 2 heterocycles. The number of rotatable bonds is 3. The summed E-state index contributed by atoms with van der Waals surface area (Å²) in [6, 6.07) is 9.34. The lowest BCUT2D eigenvalue weighted by Crippen LogP contribution is -2.45. The van der Waals surface area contributed by atoms with Gasteiger partial charge in [0.05, 0.1) is 0 Å². The number of piperidine rings is 1. The summed E-state index contributed by atoms with van der Waals surface area (Å²) in [5, 5.41) is 2.49. The van der Waals surface area contributed by atoms with Crippen LogP contribution in [0.25, 0.3) is 10.8 Å². The Morgan fingerprint density at radius 1 is 1.24 bits per heavy atom. The third kappa shape index (κ3) is 2.81. The van der Waals surface area contributed by atoms with E-state index in [1.165, 1.54) is 29.2 Å². The molecule has 1 aromatic carbocycles. The lowest BCUT2D eigenvalue weighted by Gasteiger charge is -2.42. The van der Waals surface area contributed by atoms with Crippen molar-refractivity contribution in [3.63, 3.8) is 0 Å². The molecule has 1 saturated heterocycles. The number of aromatic nitrogens is 1. The van der Waals surface area contributed by atoms with Gasteiger partial charge in [-0.1, -0.05) is 31.2 Å². The summed E-state index contributed by atoms with van der Waals surface area (Å²) in [6.07, 6.45) is 6.53. The van der Waals surface area contributed by atoms with Gasteiger partial charge in [-0.15, -0.1) is 0 Å². The van der Waals surface area contributed by atoms with E-state index in [0.29, 0.717) is 12.6 Å². The monoisotopic (exact) mass is 283 g/mol. The first-order valence-electron chi connectivity index (χ1n) is 7.99. The molecule has 3 nitrogen and oxygen atoms in total. The average molecular weight is 283 g/mol. The van der Waals surface area contributed by atoms with E-state index in [-0.39, 0.29) is 6.04 Å². The summed E-state index contributed by atoms with van der Waals surface area (Å²) < 4.78 is 0. The molecule has 0 spiro atoms. The van der Waals surface area contributed by atoms with Gasteiger partial charge in [0.25, 0.3) is 0 Å². The van der Waals surface area contributed by atoms with Crippen LogP contribution in [0, 0.1) is 5.92 Å². The highest BCUT2D eigenvalue weighted by Crippen LogP contribution is 2.33. The summed E-state index contributed by atoms with van der Waals surface area (Å²) in [7, 11) is 0. The summed E-state index contributed by atoms with van der Waals surface area (Å²) in [5.41, 5.74) is 7.44. The summed E-state index contributed by atoms with van der Waals surface area (Å²) >= 11 is 0. The van der Waals surface area contributed by atoms with Gasteiger partial charge in [-0.25, -0.2) is 0 Å². The number of nitrogens with two attached hydrogens (primary N) is 1. The quantitative estimate of drug-likeness (QED) is 0.939. The second kappa shape index (κ2) is 6.12. The highest BCUT2D eigenvalue weighted by Gasteiger charge is 2.30. The minimum Gasteiger partial charge on any atom is -0.329 e. The fourth-order valence-corrected chi connectivity index (χ4v) is 3.60. The molecule has 112 valence electrons. The van der Waals surface area contributed by atoms with Crippen LogP contribution in [-0.2, 0) is 0 Å². The zero-order valence-electron chi connectivity index (χ0n) is 13.0. The molecule has 0 radical (unpaired) electrons. The Balaban J connectivity index is 2.01. The molecule has 21 heavy (non-hydrogen) atoms. The van der Waals surface area contributed by atoms with Crippen LogP contribution in [-0.4, -0.2) is 29.0 Å². The molecule has 2 N–H and O–H groups in total. The maximum atomic E-state index is 6.16. The predicted molar refractivity (Wildman–Crippen MR) is 88.1 cm³/mol. The summed E-state index contributed by atoms with van der Waals surface area (Å²) in [4.78, 5) is 7.02. The van der Waals surface area contributed by atoms with E-state index in [9.17, 15) is 0 Å². The number of hydrogen-bond acceptors (Lipinski definition) is 3. The molecule has 2 aromatic rings. The van der Waals surface area contributed by atoms with Crippen LogP contribution in [0.4, 0.5) is 0 Å². The van der Waals surface area contributed by atoms with E-state index in [0.717, 1.165) is 12.5 Å². The van der Waals surface area contributed by atoms with Crippen molar-refractivity contribution in [1.82, 2.24) is 9.88 Å². The lowest BCUT2D eigenvalue weighted by molar-refractivity contribution is 0.0803. The first-order chi connectivity index (χ1) is 10.2. The molecule has 0 bridgehead atoms. The molecule has 3 heteroatoms. The largest absolute Gasteiger partial charge is 0.329 e. The van der Waals surface area contributed by atoms with Crippen LogP contribution in [0.3, 0.4) is 0 Å². The van der Waals surface area contributed by atoms with Crippen LogP contribution in [0.15, 0.2) is 36.7 Å². The molecule has 0 aliphatic carbocycles. The van der Waals surface area contributed by atoms with Gasteiger partial charge in [-0.05, 0) is 36.6 Å². The highest BCUT2D eigenvalue weighted by atomic mass is 15.2. The van der Waals surface area contributed by atoms with Crippen LogP contribution in [0.2, 0.25) is 0 Å². The van der Waals surface area contributed by atoms with Crippen molar-refractivity contribution in [1.29, 1.82) is 0 Å². The van der Waals surface area contributed by atoms with Crippen molar-refractivity contribution in [2.45, 2.75) is 38.8 Å². The molecule has 3 atom stereocenters. The van der Waals surface area contributed by atoms with E-state index >= 15 is 0 Å². The number of nitrogens with zero attached hydrogens (tertiary/aromatic N) is 2. The Morgan fingerprint density at radius 3 is 2.86 bits per heavy atom. The Labute approximate surface area is 127 Å². The Bertz CT molecular complexity index is 605. The van der Waals surface area contributed by atoms with E-state index < -0.39 is 0 Å². The van der Waals surface area contributed by atoms with E-state index in [1.807, 2.05) is 12.4 Å². The van der Waals surface area contributed by atoms with Crippen LogP contribution in [0.1, 0.15) is 38.3 Å². The molecule has 3 unspecified atom stereocenters. The van der Waals surface area contributed by atoms with Crippen molar-refractivity contribution in [3.05, 3.63) is 42.2 Å². The van der Waals surface area contributed by atoms with Gasteiger partial charge in [-0.3, -0.25) is 9.88 Å². The fourth-order valence-electron chi connectivity index (χ4n) is 3.60. The third-order valence-electron chi connectivity index (χ3n) is 4.85. The molecule has 1 aromatic heterocycles. The van der Waals surface area contributed by atoms with Gasteiger partial charge in [0, 0.05) is 43.0 Å². The molecular weight excluding hydrogens is 258 g/mol. The fraction of sp³-hybridized carbons (Fsp3) is 0.500. The van der Waals surface area contributed by atoms with Gasteiger partial charge in [0.2, 0.25) is 0 Å². The molecule has 1 fully saturated rings. The lowest BCUT2D eigenvalue weighted by atomic mass is 9.91. The second-order valence-corrected chi connectivity index (χ2v) is 6.43. The minimum absolute atomic E-state index is 0.265. The molecule has 0 saturated carbocycles. The number of likely N-dealkylation sites (tertiary alicyclic amines) is 1. The van der Waals surface area contributed by atoms with Gasteiger partial charge in [-0.2, -0.15) is 0 Å². The second-order valence-electron chi connectivity index (χ2n) is 6.43. The molecule has 3 rings (SSSR count). The Kier molecular flexibility index (Phi) is 4.22. The molecule has 0 amide bonds. The van der Waals surface area contributed by atoms with Crippen molar-refractivity contribution in [3.8, 4) is 0 Å². The van der Waals surface area contributed by atoms with Crippen LogP contribution in [0.5, 0.6) is 0 Å². The van der Waals surface area contributed by atoms with Gasteiger partial charge >= 0.3 is 0 Å². The van der Waals surface area contributed by atoms with Crippen molar-refractivity contribution >= 4 is 10.8 Å². The molecule has 1 aliphatic heterocycles. The van der Waals surface area contributed by atoms with Gasteiger partial charge in [0.15, 0.2) is 0 Å². The summed E-state index contributed by atoms with van der Waals surface area (Å²) in [5.74, 6) is 0.748. The third-order valence-corrected chi connectivity index (χ3v) is 4.85. The topological polar surface area (TPSA) is 42.1 Å². The molecule has 1 aliphatic rings. The zero-order valence-corrected chi connectivity index (χ0v) is 13.0.